The molecule has 0 unspecified atom stereocenters. The highest BCUT2D eigenvalue weighted by molar-refractivity contribution is 7.18. The molecule has 2 heterocycles. The third-order valence-corrected chi connectivity index (χ3v) is 5.67. The van der Waals surface area contributed by atoms with Crippen LogP contribution in [0.1, 0.15) is 23.8 Å². The van der Waals surface area contributed by atoms with Crippen molar-refractivity contribution in [3.8, 4) is 0 Å². The average Bonchev–Trinajstić information content (AvgIpc) is 3.07. The van der Waals surface area contributed by atoms with E-state index in [4.69, 9.17) is 4.98 Å². The first-order valence-electron chi connectivity index (χ1n) is 8.26. The lowest BCUT2D eigenvalue weighted by molar-refractivity contribution is 0.194. The summed E-state index contributed by atoms with van der Waals surface area (Å²) in [6, 6.07) is 17.9. The second-order valence-electron chi connectivity index (χ2n) is 6.08. The number of nitrogens with one attached hydrogen (secondary N) is 1. The van der Waals surface area contributed by atoms with Crippen molar-refractivity contribution >= 4 is 33.3 Å². The highest BCUT2D eigenvalue weighted by Gasteiger charge is 2.25. The second kappa shape index (κ2) is 6.61. The van der Waals surface area contributed by atoms with E-state index in [1.54, 1.807) is 11.3 Å². The molecule has 1 fully saturated rings. The van der Waals surface area contributed by atoms with Gasteiger partial charge in [-0.05, 0) is 37.1 Å². The number of thiazole rings is 1. The van der Waals surface area contributed by atoms with E-state index in [-0.39, 0.29) is 6.03 Å². The largest absolute Gasteiger partial charge is 0.324 e. The molecule has 5 heteroatoms. The van der Waals surface area contributed by atoms with Gasteiger partial charge < -0.3 is 10.2 Å². The maximum atomic E-state index is 12.4. The molecule has 122 valence electrons. The van der Waals surface area contributed by atoms with Crippen LogP contribution in [-0.2, 0) is 0 Å². The number of fused-ring (bicyclic) bond motifs is 1. The van der Waals surface area contributed by atoms with Crippen LogP contribution in [0, 0.1) is 0 Å². The summed E-state index contributed by atoms with van der Waals surface area (Å²) in [4.78, 5) is 19.0. The van der Waals surface area contributed by atoms with E-state index in [1.807, 2.05) is 41.3 Å². The zero-order valence-electron chi connectivity index (χ0n) is 13.3. The minimum Gasteiger partial charge on any atom is -0.324 e. The number of hydrogen-bond acceptors (Lipinski definition) is 3. The molecule has 0 atom stereocenters. The van der Waals surface area contributed by atoms with Crippen molar-refractivity contribution in [2.75, 3.05) is 18.4 Å². The monoisotopic (exact) mass is 337 g/mol. The summed E-state index contributed by atoms with van der Waals surface area (Å²) in [6.07, 6.45) is 1.95. The Kier molecular flexibility index (Phi) is 4.17. The number of urea groups is 1. The Morgan fingerprint density at radius 1 is 1.04 bits per heavy atom. The number of rotatable bonds is 2. The van der Waals surface area contributed by atoms with Crippen molar-refractivity contribution < 1.29 is 4.79 Å². The molecule has 1 N–H and O–H groups in total. The number of likely N-dealkylation sites (tertiary alicyclic amines) is 1. The minimum atomic E-state index is -0.0102. The molecule has 0 bridgehead atoms. The maximum absolute atomic E-state index is 12.4. The van der Waals surface area contributed by atoms with Crippen LogP contribution in [-0.4, -0.2) is 29.0 Å². The Balaban J connectivity index is 1.38. The van der Waals surface area contributed by atoms with Crippen LogP contribution in [0.5, 0.6) is 0 Å². The average molecular weight is 337 g/mol. The predicted octanol–water partition coefficient (Wildman–Crippen LogP) is 4.71. The van der Waals surface area contributed by atoms with Gasteiger partial charge in [-0.2, -0.15) is 0 Å². The fourth-order valence-electron chi connectivity index (χ4n) is 3.12. The summed E-state index contributed by atoms with van der Waals surface area (Å²) in [5, 5.41) is 4.17. The molecule has 1 aliphatic heterocycles. The summed E-state index contributed by atoms with van der Waals surface area (Å²) >= 11 is 1.79. The van der Waals surface area contributed by atoms with Gasteiger partial charge in [0.25, 0.3) is 0 Å². The number of piperidine rings is 1. The van der Waals surface area contributed by atoms with E-state index >= 15 is 0 Å². The SMILES string of the molecule is O=C(Nc1ccccc1)N1CCC(c2nc3ccccc3s2)CC1. The van der Waals surface area contributed by atoms with Crippen LogP contribution >= 0.6 is 11.3 Å². The molecular weight excluding hydrogens is 318 g/mol. The van der Waals surface area contributed by atoms with Crippen molar-refractivity contribution in [3.05, 3.63) is 59.6 Å². The van der Waals surface area contributed by atoms with Crippen LogP contribution in [0.25, 0.3) is 10.2 Å². The number of carbonyl (C=O) groups excluding carboxylic acids is 1. The van der Waals surface area contributed by atoms with Gasteiger partial charge in [-0.3, -0.25) is 0 Å². The van der Waals surface area contributed by atoms with Crippen molar-refractivity contribution in [2.24, 2.45) is 0 Å². The van der Waals surface area contributed by atoms with Gasteiger partial charge in [0.05, 0.1) is 15.2 Å². The standard InChI is InChI=1S/C19H19N3OS/c23-19(20-15-6-2-1-3-7-15)22-12-10-14(11-13-22)18-21-16-8-4-5-9-17(16)24-18/h1-9,14H,10-13H2,(H,20,23). The van der Waals surface area contributed by atoms with Crippen molar-refractivity contribution in [1.29, 1.82) is 0 Å². The Bertz CT molecular complexity index is 805. The van der Waals surface area contributed by atoms with Gasteiger partial charge in [0, 0.05) is 24.7 Å². The Morgan fingerprint density at radius 2 is 1.75 bits per heavy atom. The molecule has 1 aromatic heterocycles. The van der Waals surface area contributed by atoms with Crippen molar-refractivity contribution in [1.82, 2.24) is 9.88 Å². The summed E-state index contributed by atoms with van der Waals surface area (Å²) < 4.78 is 1.25. The number of para-hydroxylation sites is 2. The van der Waals surface area contributed by atoms with Crippen molar-refractivity contribution in [2.45, 2.75) is 18.8 Å². The number of benzene rings is 2. The molecule has 24 heavy (non-hydrogen) atoms. The third-order valence-electron chi connectivity index (χ3n) is 4.47. The molecule has 1 saturated heterocycles. The predicted molar refractivity (Wildman–Crippen MR) is 98.6 cm³/mol. The zero-order valence-corrected chi connectivity index (χ0v) is 14.1. The quantitative estimate of drug-likeness (QED) is 0.736. The minimum absolute atomic E-state index is 0.0102. The van der Waals surface area contributed by atoms with Gasteiger partial charge >= 0.3 is 6.03 Å². The first-order chi connectivity index (χ1) is 11.8. The Morgan fingerprint density at radius 3 is 2.50 bits per heavy atom. The van der Waals surface area contributed by atoms with Gasteiger partial charge in [0.1, 0.15) is 0 Å². The molecule has 4 nitrogen and oxygen atoms in total. The van der Waals surface area contributed by atoms with Crippen LogP contribution in [0.4, 0.5) is 10.5 Å². The molecule has 0 aliphatic carbocycles. The van der Waals surface area contributed by atoms with E-state index in [1.165, 1.54) is 9.71 Å². The molecule has 0 saturated carbocycles. The fourth-order valence-corrected chi connectivity index (χ4v) is 4.25. The Labute approximate surface area is 145 Å². The number of amides is 2. The molecule has 0 radical (unpaired) electrons. The Hall–Kier alpha value is -2.40. The number of hydrogen-bond donors (Lipinski definition) is 1. The van der Waals surface area contributed by atoms with E-state index in [0.29, 0.717) is 5.92 Å². The van der Waals surface area contributed by atoms with Gasteiger partial charge in [0.2, 0.25) is 0 Å². The smallest absolute Gasteiger partial charge is 0.321 e. The third kappa shape index (κ3) is 3.12. The van der Waals surface area contributed by atoms with E-state index in [9.17, 15) is 4.79 Å². The lowest BCUT2D eigenvalue weighted by Gasteiger charge is -2.31. The highest BCUT2D eigenvalue weighted by Crippen LogP contribution is 2.33. The van der Waals surface area contributed by atoms with Gasteiger partial charge in [0.15, 0.2) is 0 Å². The highest BCUT2D eigenvalue weighted by atomic mass is 32.1. The first-order valence-corrected chi connectivity index (χ1v) is 9.08. The number of anilines is 1. The van der Waals surface area contributed by atoms with Crippen LogP contribution < -0.4 is 5.32 Å². The molecule has 2 aromatic carbocycles. The molecular formula is C19H19N3OS. The lowest BCUT2D eigenvalue weighted by Crippen LogP contribution is -2.40. The summed E-state index contributed by atoms with van der Waals surface area (Å²) in [5.41, 5.74) is 1.93. The molecule has 2 amide bonds. The fraction of sp³-hybridized carbons (Fsp3) is 0.263. The van der Waals surface area contributed by atoms with E-state index in [2.05, 4.69) is 23.5 Å². The van der Waals surface area contributed by atoms with Crippen LogP contribution in [0.3, 0.4) is 0 Å². The summed E-state index contributed by atoms with van der Waals surface area (Å²) in [7, 11) is 0. The first kappa shape index (κ1) is 15.1. The molecule has 1 aliphatic rings. The van der Waals surface area contributed by atoms with Gasteiger partial charge in [-0.15, -0.1) is 11.3 Å². The lowest BCUT2D eigenvalue weighted by atomic mass is 9.98. The summed E-state index contributed by atoms with van der Waals surface area (Å²) in [5.74, 6) is 0.461. The molecule has 4 rings (SSSR count). The van der Waals surface area contributed by atoms with E-state index in [0.717, 1.165) is 37.1 Å². The van der Waals surface area contributed by atoms with E-state index < -0.39 is 0 Å². The maximum Gasteiger partial charge on any atom is 0.321 e. The van der Waals surface area contributed by atoms with Crippen LogP contribution in [0.15, 0.2) is 54.6 Å². The van der Waals surface area contributed by atoms with Gasteiger partial charge in [-0.1, -0.05) is 30.3 Å². The number of nitrogens with zero attached hydrogens (tertiary/aromatic N) is 2. The van der Waals surface area contributed by atoms with Crippen LogP contribution in [0.2, 0.25) is 0 Å². The number of carbonyl (C=O) groups is 1. The number of aromatic nitrogens is 1. The molecule has 3 aromatic rings. The van der Waals surface area contributed by atoms with Crippen molar-refractivity contribution in [3.63, 3.8) is 0 Å². The zero-order chi connectivity index (χ0) is 16.4. The second-order valence-corrected chi connectivity index (χ2v) is 7.14. The summed E-state index contributed by atoms with van der Waals surface area (Å²) in [6.45, 7) is 1.55. The topological polar surface area (TPSA) is 45.2 Å². The molecule has 0 spiro atoms. The van der Waals surface area contributed by atoms with Gasteiger partial charge in [-0.25, -0.2) is 9.78 Å². The normalized spacial score (nSPS) is 15.6.